The summed E-state index contributed by atoms with van der Waals surface area (Å²) < 4.78 is 7.08. The predicted molar refractivity (Wildman–Crippen MR) is 84.1 cm³/mol. The molecule has 1 aliphatic carbocycles. The van der Waals surface area contributed by atoms with Crippen molar-refractivity contribution < 1.29 is 9.53 Å². The summed E-state index contributed by atoms with van der Waals surface area (Å²) in [6, 6.07) is 7.49. The Bertz CT molecular complexity index is 664. The molecule has 0 spiro atoms. The first kappa shape index (κ1) is 15.5. The number of hydrogen-bond acceptors (Lipinski definition) is 5. The number of ether oxygens (including phenoxy) is 1. The summed E-state index contributed by atoms with van der Waals surface area (Å²) in [6.07, 6.45) is 5.88. The molecule has 0 saturated heterocycles. The fourth-order valence-corrected chi connectivity index (χ4v) is 3.02. The molecular weight excluding hydrogens is 294 g/mol. The SMILES string of the molecule is COc1ccccc1C(=O)NCc1nnnn1C1CCCCC1. The minimum absolute atomic E-state index is 0.194. The van der Waals surface area contributed by atoms with E-state index >= 15 is 0 Å². The predicted octanol–water partition coefficient (Wildman–Crippen LogP) is 2.12. The summed E-state index contributed by atoms with van der Waals surface area (Å²) >= 11 is 0. The van der Waals surface area contributed by atoms with Gasteiger partial charge in [0.2, 0.25) is 0 Å². The van der Waals surface area contributed by atoms with Crippen molar-refractivity contribution in [2.24, 2.45) is 0 Å². The number of amides is 1. The summed E-state index contributed by atoms with van der Waals surface area (Å²) in [5.41, 5.74) is 0.506. The van der Waals surface area contributed by atoms with Crippen LogP contribution in [0, 0.1) is 0 Å². The summed E-state index contributed by atoms with van der Waals surface area (Å²) in [4.78, 5) is 12.3. The van der Waals surface area contributed by atoms with Crippen LogP contribution in [-0.4, -0.2) is 33.2 Å². The smallest absolute Gasteiger partial charge is 0.255 e. The molecule has 1 amide bonds. The van der Waals surface area contributed by atoms with E-state index in [0.717, 1.165) is 12.8 Å². The van der Waals surface area contributed by atoms with Crippen molar-refractivity contribution in [1.82, 2.24) is 25.5 Å². The average Bonchev–Trinajstić information content (AvgIpc) is 3.09. The number of hydrogen-bond donors (Lipinski definition) is 1. The summed E-state index contributed by atoms with van der Waals surface area (Å²) in [7, 11) is 1.55. The zero-order valence-corrected chi connectivity index (χ0v) is 13.2. The van der Waals surface area contributed by atoms with Crippen molar-refractivity contribution in [1.29, 1.82) is 0 Å². The van der Waals surface area contributed by atoms with Gasteiger partial charge in [0, 0.05) is 0 Å². The highest BCUT2D eigenvalue weighted by atomic mass is 16.5. The molecule has 1 saturated carbocycles. The minimum atomic E-state index is -0.194. The molecule has 1 fully saturated rings. The first-order chi connectivity index (χ1) is 11.3. The second kappa shape index (κ2) is 7.21. The number of benzene rings is 1. The third-order valence-electron chi connectivity index (χ3n) is 4.24. The van der Waals surface area contributed by atoms with Crippen LogP contribution in [0.25, 0.3) is 0 Å². The Hall–Kier alpha value is -2.44. The highest BCUT2D eigenvalue weighted by Crippen LogP contribution is 2.27. The fourth-order valence-electron chi connectivity index (χ4n) is 3.02. The summed E-state index contributed by atoms with van der Waals surface area (Å²) in [5.74, 6) is 1.05. The van der Waals surface area contributed by atoms with Crippen LogP contribution >= 0.6 is 0 Å². The summed E-state index contributed by atoms with van der Waals surface area (Å²) in [6.45, 7) is 0.306. The summed E-state index contributed by atoms with van der Waals surface area (Å²) in [5, 5.41) is 14.8. The number of methoxy groups -OCH3 is 1. The van der Waals surface area contributed by atoms with Crippen LogP contribution in [0.15, 0.2) is 24.3 Å². The topological polar surface area (TPSA) is 81.9 Å². The highest BCUT2D eigenvalue weighted by Gasteiger charge is 2.20. The maximum atomic E-state index is 12.3. The molecule has 0 unspecified atom stereocenters. The molecule has 3 rings (SSSR count). The lowest BCUT2D eigenvalue weighted by Gasteiger charge is -2.22. The maximum absolute atomic E-state index is 12.3. The molecule has 1 heterocycles. The lowest BCUT2D eigenvalue weighted by atomic mass is 9.95. The van der Waals surface area contributed by atoms with Gasteiger partial charge in [-0.3, -0.25) is 4.79 Å². The molecule has 0 bridgehead atoms. The number of carbonyl (C=O) groups is 1. The Morgan fingerprint density at radius 1 is 1.30 bits per heavy atom. The third-order valence-corrected chi connectivity index (χ3v) is 4.24. The van der Waals surface area contributed by atoms with Crippen LogP contribution in [0.3, 0.4) is 0 Å². The van der Waals surface area contributed by atoms with E-state index in [0.29, 0.717) is 29.7 Å². The molecular formula is C16H21N5O2. The zero-order chi connectivity index (χ0) is 16.1. The van der Waals surface area contributed by atoms with Crippen LogP contribution in [0.1, 0.15) is 54.3 Å². The van der Waals surface area contributed by atoms with E-state index in [2.05, 4.69) is 20.8 Å². The number of rotatable bonds is 5. The van der Waals surface area contributed by atoms with Crippen LogP contribution in [0.4, 0.5) is 0 Å². The normalized spacial score (nSPS) is 15.3. The van der Waals surface area contributed by atoms with Gasteiger partial charge in [0.05, 0.1) is 25.3 Å². The monoisotopic (exact) mass is 315 g/mol. The number of nitrogens with zero attached hydrogens (tertiary/aromatic N) is 4. The minimum Gasteiger partial charge on any atom is -0.496 e. The first-order valence-electron chi connectivity index (χ1n) is 7.97. The van der Waals surface area contributed by atoms with Crippen molar-refractivity contribution in [2.45, 2.75) is 44.7 Å². The molecule has 7 heteroatoms. The van der Waals surface area contributed by atoms with Gasteiger partial charge in [-0.25, -0.2) is 4.68 Å². The number of para-hydroxylation sites is 1. The fraction of sp³-hybridized carbons (Fsp3) is 0.500. The van der Waals surface area contributed by atoms with E-state index in [4.69, 9.17) is 4.74 Å². The average molecular weight is 315 g/mol. The van der Waals surface area contributed by atoms with Crippen molar-refractivity contribution >= 4 is 5.91 Å². The Morgan fingerprint density at radius 3 is 2.87 bits per heavy atom. The van der Waals surface area contributed by atoms with Crippen molar-refractivity contribution in [2.75, 3.05) is 7.11 Å². The molecule has 0 radical (unpaired) electrons. The van der Waals surface area contributed by atoms with Crippen molar-refractivity contribution in [3.05, 3.63) is 35.7 Å². The van der Waals surface area contributed by atoms with Gasteiger partial charge in [0.15, 0.2) is 5.82 Å². The molecule has 7 nitrogen and oxygen atoms in total. The van der Waals surface area contributed by atoms with Gasteiger partial charge >= 0.3 is 0 Å². The van der Waals surface area contributed by atoms with E-state index in [1.807, 2.05) is 16.8 Å². The van der Waals surface area contributed by atoms with E-state index in [1.54, 1.807) is 19.2 Å². The standard InChI is InChI=1S/C16H21N5O2/c1-23-14-10-6-5-9-13(14)16(22)17-11-15-18-19-20-21(15)12-7-3-2-4-8-12/h5-6,9-10,12H,2-4,7-8,11H2,1H3,(H,17,22). The highest BCUT2D eigenvalue weighted by molar-refractivity contribution is 5.96. The Morgan fingerprint density at radius 2 is 2.09 bits per heavy atom. The third kappa shape index (κ3) is 3.49. The van der Waals surface area contributed by atoms with Gasteiger partial charge in [-0.05, 0) is 35.4 Å². The van der Waals surface area contributed by atoms with Crippen molar-refractivity contribution in [3.63, 3.8) is 0 Å². The first-order valence-corrected chi connectivity index (χ1v) is 7.97. The quantitative estimate of drug-likeness (QED) is 0.914. The molecule has 1 aliphatic rings. The van der Waals surface area contributed by atoms with E-state index < -0.39 is 0 Å². The number of carbonyl (C=O) groups excluding carboxylic acids is 1. The molecule has 0 aliphatic heterocycles. The molecule has 1 aromatic heterocycles. The second-order valence-corrected chi connectivity index (χ2v) is 5.71. The van der Waals surface area contributed by atoms with Crippen LogP contribution in [-0.2, 0) is 6.54 Å². The number of tetrazole rings is 1. The van der Waals surface area contributed by atoms with Gasteiger partial charge in [-0.1, -0.05) is 31.4 Å². The van der Waals surface area contributed by atoms with E-state index in [9.17, 15) is 4.79 Å². The van der Waals surface area contributed by atoms with Gasteiger partial charge in [0.1, 0.15) is 5.75 Å². The Kier molecular flexibility index (Phi) is 4.85. The number of aromatic nitrogens is 4. The molecule has 122 valence electrons. The lowest BCUT2D eigenvalue weighted by Crippen LogP contribution is -2.26. The Balaban J connectivity index is 1.67. The second-order valence-electron chi connectivity index (χ2n) is 5.71. The van der Waals surface area contributed by atoms with Crippen LogP contribution in [0.5, 0.6) is 5.75 Å². The van der Waals surface area contributed by atoms with Gasteiger partial charge < -0.3 is 10.1 Å². The molecule has 0 atom stereocenters. The largest absolute Gasteiger partial charge is 0.496 e. The maximum Gasteiger partial charge on any atom is 0.255 e. The lowest BCUT2D eigenvalue weighted by molar-refractivity contribution is 0.0945. The molecule has 1 N–H and O–H groups in total. The van der Waals surface area contributed by atoms with Gasteiger partial charge in [0.25, 0.3) is 5.91 Å². The number of nitrogens with one attached hydrogen (secondary N) is 1. The molecule has 2 aromatic rings. The van der Waals surface area contributed by atoms with E-state index in [1.165, 1.54) is 19.3 Å². The van der Waals surface area contributed by atoms with Crippen LogP contribution in [0.2, 0.25) is 0 Å². The van der Waals surface area contributed by atoms with Crippen LogP contribution < -0.4 is 10.1 Å². The van der Waals surface area contributed by atoms with Gasteiger partial charge in [-0.15, -0.1) is 5.10 Å². The Labute approximate surface area is 135 Å². The van der Waals surface area contributed by atoms with Gasteiger partial charge in [-0.2, -0.15) is 0 Å². The van der Waals surface area contributed by atoms with E-state index in [-0.39, 0.29) is 5.91 Å². The van der Waals surface area contributed by atoms with Crippen molar-refractivity contribution in [3.8, 4) is 5.75 Å². The molecule has 1 aromatic carbocycles. The molecule has 23 heavy (non-hydrogen) atoms. The zero-order valence-electron chi connectivity index (χ0n) is 13.2.